The fraction of sp³-hybridized carbons (Fsp3) is 0.235. The molecule has 5 nitrogen and oxygen atoms in total. The first kappa shape index (κ1) is 20.5. The summed E-state index contributed by atoms with van der Waals surface area (Å²) in [4.78, 5) is 11.9. The van der Waals surface area contributed by atoms with Gasteiger partial charge in [0.1, 0.15) is 11.6 Å². The molecule has 0 spiro atoms. The maximum Gasteiger partial charge on any atom is 0.251 e. The van der Waals surface area contributed by atoms with Crippen molar-refractivity contribution in [2.75, 3.05) is 13.1 Å². The number of carbonyl (C=O) groups excluding carboxylic acids is 1. The minimum atomic E-state index is -3.76. The molecule has 0 radical (unpaired) electrons. The second-order valence-corrected chi connectivity index (χ2v) is 8.33. The zero-order chi connectivity index (χ0) is 19.3. The number of nitrogens with one attached hydrogen (secondary N) is 2. The fourth-order valence-corrected chi connectivity index (χ4v) is 3.61. The van der Waals surface area contributed by atoms with E-state index in [0.29, 0.717) is 10.0 Å². The van der Waals surface area contributed by atoms with Gasteiger partial charge in [-0.25, -0.2) is 21.9 Å². The van der Waals surface area contributed by atoms with Crippen LogP contribution in [-0.4, -0.2) is 27.4 Å². The third-order valence-corrected chi connectivity index (χ3v) is 5.36. The fourth-order valence-electron chi connectivity index (χ4n) is 2.11. The molecule has 0 aliphatic carbocycles. The molecule has 2 rings (SSSR count). The van der Waals surface area contributed by atoms with Crippen molar-refractivity contribution < 1.29 is 22.0 Å². The van der Waals surface area contributed by atoms with Crippen LogP contribution in [0.5, 0.6) is 0 Å². The molecule has 0 heterocycles. The number of carbonyl (C=O) groups is 1. The first-order valence-electron chi connectivity index (χ1n) is 7.63. The van der Waals surface area contributed by atoms with Crippen LogP contribution in [0.1, 0.15) is 21.5 Å². The Labute approximate surface area is 159 Å². The van der Waals surface area contributed by atoms with Crippen molar-refractivity contribution in [3.63, 3.8) is 0 Å². The lowest BCUT2D eigenvalue weighted by Gasteiger charge is -2.09. The lowest BCUT2D eigenvalue weighted by atomic mass is 10.1. The maximum absolute atomic E-state index is 13.7. The van der Waals surface area contributed by atoms with E-state index in [4.69, 9.17) is 0 Å². The van der Waals surface area contributed by atoms with E-state index in [1.165, 1.54) is 24.3 Å². The molecule has 0 unspecified atom stereocenters. The van der Waals surface area contributed by atoms with Gasteiger partial charge in [0.25, 0.3) is 5.91 Å². The van der Waals surface area contributed by atoms with Gasteiger partial charge in [0.2, 0.25) is 10.0 Å². The van der Waals surface area contributed by atoms with E-state index in [1.54, 1.807) is 13.0 Å². The van der Waals surface area contributed by atoms with Crippen LogP contribution in [0.2, 0.25) is 0 Å². The van der Waals surface area contributed by atoms with Gasteiger partial charge in [-0.2, -0.15) is 0 Å². The van der Waals surface area contributed by atoms with Gasteiger partial charge in [0.15, 0.2) is 0 Å². The SMILES string of the molecule is Cc1ccc(C(=O)NCCNS(=O)(=O)Cc2ccc(Br)cc2F)cc1F. The van der Waals surface area contributed by atoms with E-state index in [0.717, 1.165) is 6.07 Å². The first-order valence-corrected chi connectivity index (χ1v) is 10.1. The van der Waals surface area contributed by atoms with E-state index in [2.05, 4.69) is 26.0 Å². The Morgan fingerprint density at radius 1 is 1.08 bits per heavy atom. The summed E-state index contributed by atoms with van der Waals surface area (Å²) in [5, 5.41) is 2.49. The minimum Gasteiger partial charge on any atom is -0.351 e. The van der Waals surface area contributed by atoms with Gasteiger partial charge in [0.05, 0.1) is 5.75 Å². The second kappa shape index (κ2) is 8.70. The maximum atomic E-state index is 13.7. The zero-order valence-corrected chi connectivity index (χ0v) is 16.3. The van der Waals surface area contributed by atoms with Crippen LogP contribution in [0.4, 0.5) is 8.78 Å². The van der Waals surface area contributed by atoms with Gasteiger partial charge in [0, 0.05) is 28.7 Å². The van der Waals surface area contributed by atoms with E-state index < -0.39 is 33.3 Å². The molecule has 1 amide bonds. The van der Waals surface area contributed by atoms with Crippen LogP contribution < -0.4 is 10.0 Å². The monoisotopic (exact) mass is 446 g/mol. The summed E-state index contributed by atoms with van der Waals surface area (Å²) in [6.07, 6.45) is 0. The van der Waals surface area contributed by atoms with Crippen molar-refractivity contribution >= 4 is 31.9 Å². The highest BCUT2D eigenvalue weighted by Gasteiger charge is 2.15. The highest BCUT2D eigenvalue weighted by atomic mass is 79.9. The summed E-state index contributed by atoms with van der Waals surface area (Å²) in [5.41, 5.74) is 0.613. The predicted molar refractivity (Wildman–Crippen MR) is 98.2 cm³/mol. The van der Waals surface area contributed by atoms with Crippen LogP contribution in [0.15, 0.2) is 40.9 Å². The van der Waals surface area contributed by atoms with Crippen molar-refractivity contribution in [1.82, 2.24) is 10.0 Å². The Hall–Kier alpha value is -1.84. The summed E-state index contributed by atoms with van der Waals surface area (Å²) in [5.74, 6) is -2.14. The quantitative estimate of drug-likeness (QED) is 0.642. The van der Waals surface area contributed by atoms with Crippen molar-refractivity contribution in [3.05, 3.63) is 69.2 Å². The average Bonchev–Trinajstić information content (AvgIpc) is 2.56. The van der Waals surface area contributed by atoms with Crippen LogP contribution in [0, 0.1) is 18.6 Å². The average molecular weight is 447 g/mol. The van der Waals surface area contributed by atoms with E-state index in [1.807, 2.05) is 0 Å². The lowest BCUT2D eigenvalue weighted by Crippen LogP contribution is -2.35. The van der Waals surface area contributed by atoms with E-state index in [-0.39, 0.29) is 24.2 Å². The van der Waals surface area contributed by atoms with Gasteiger partial charge in [-0.15, -0.1) is 0 Å². The number of halogens is 3. The molecule has 2 N–H and O–H groups in total. The molecular weight excluding hydrogens is 430 g/mol. The van der Waals surface area contributed by atoms with E-state index in [9.17, 15) is 22.0 Å². The third-order valence-electron chi connectivity index (χ3n) is 3.53. The molecule has 0 aliphatic heterocycles. The Morgan fingerprint density at radius 3 is 2.46 bits per heavy atom. The standard InChI is InChI=1S/C17H17BrF2N2O3S/c1-11-2-3-12(8-15(11)19)17(23)21-6-7-22-26(24,25)10-13-4-5-14(18)9-16(13)20/h2-5,8-9,22H,6-7,10H2,1H3,(H,21,23). The predicted octanol–water partition coefficient (Wildman–Crippen LogP) is 2.89. The number of hydrogen-bond donors (Lipinski definition) is 2. The summed E-state index contributed by atoms with van der Waals surface area (Å²) in [6.45, 7) is 1.52. The van der Waals surface area contributed by atoms with Gasteiger partial charge in [-0.05, 0) is 36.8 Å². The Morgan fingerprint density at radius 2 is 1.81 bits per heavy atom. The van der Waals surface area contributed by atoms with Crippen LogP contribution in [0.3, 0.4) is 0 Å². The molecule has 0 atom stereocenters. The summed E-state index contributed by atoms with van der Waals surface area (Å²) >= 11 is 3.10. The molecule has 0 bridgehead atoms. The molecule has 2 aromatic carbocycles. The number of aryl methyl sites for hydroxylation is 1. The van der Waals surface area contributed by atoms with Crippen LogP contribution in [0.25, 0.3) is 0 Å². The van der Waals surface area contributed by atoms with Crippen molar-refractivity contribution in [1.29, 1.82) is 0 Å². The van der Waals surface area contributed by atoms with Gasteiger partial charge >= 0.3 is 0 Å². The summed E-state index contributed by atoms with van der Waals surface area (Å²) in [6, 6.07) is 8.20. The third kappa shape index (κ3) is 5.86. The number of sulfonamides is 1. The largest absolute Gasteiger partial charge is 0.351 e. The van der Waals surface area contributed by atoms with Crippen LogP contribution in [-0.2, 0) is 15.8 Å². The molecule has 9 heteroatoms. The van der Waals surface area contributed by atoms with Gasteiger partial charge in [-0.3, -0.25) is 4.79 Å². The molecular formula is C17H17BrF2N2O3S. The summed E-state index contributed by atoms with van der Waals surface area (Å²) < 4.78 is 53.9. The molecule has 2 aromatic rings. The highest BCUT2D eigenvalue weighted by Crippen LogP contribution is 2.17. The molecule has 0 saturated heterocycles. The van der Waals surface area contributed by atoms with Crippen molar-refractivity contribution in [3.8, 4) is 0 Å². The molecule has 26 heavy (non-hydrogen) atoms. The number of benzene rings is 2. The van der Waals surface area contributed by atoms with Crippen molar-refractivity contribution in [2.45, 2.75) is 12.7 Å². The number of amides is 1. The van der Waals surface area contributed by atoms with Crippen LogP contribution >= 0.6 is 15.9 Å². The highest BCUT2D eigenvalue weighted by molar-refractivity contribution is 9.10. The molecule has 0 aliphatic rings. The minimum absolute atomic E-state index is 0.0103. The topological polar surface area (TPSA) is 75.3 Å². The normalized spacial score (nSPS) is 11.4. The zero-order valence-electron chi connectivity index (χ0n) is 13.9. The number of hydrogen-bond acceptors (Lipinski definition) is 3. The summed E-state index contributed by atoms with van der Waals surface area (Å²) in [7, 11) is -3.76. The van der Waals surface area contributed by atoms with E-state index >= 15 is 0 Å². The Balaban J connectivity index is 1.84. The second-order valence-electron chi connectivity index (χ2n) is 5.61. The molecule has 0 fully saturated rings. The lowest BCUT2D eigenvalue weighted by molar-refractivity contribution is 0.0954. The first-order chi connectivity index (χ1) is 12.2. The number of rotatable bonds is 7. The Bertz CT molecular complexity index is 920. The van der Waals surface area contributed by atoms with Gasteiger partial charge in [-0.1, -0.05) is 28.1 Å². The Kier molecular flexibility index (Phi) is 6.85. The van der Waals surface area contributed by atoms with Crippen molar-refractivity contribution in [2.24, 2.45) is 0 Å². The molecule has 140 valence electrons. The molecule has 0 saturated carbocycles. The molecule has 0 aromatic heterocycles. The van der Waals surface area contributed by atoms with Gasteiger partial charge < -0.3 is 5.32 Å². The smallest absolute Gasteiger partial charge is 0.251 e.